The normalized spacial score (nSPS) is 14.3. The van der Waals surface area contributed by atoms with Gasteiger partial charge in [-0.1, -0.05) is 54.6 Å². The number of nitrogens with zero attached hydrogens (tertiary/aromatic N) is 1. The molecule has 0 amide bonds. The molecule has 0 radical (unpaired) electrons. The first kappa shape index (κ1) is 19.4. The predicted molar refractivity (Wildman–Crippen MR) is 118 cm³/mol. The van der Waals surface area contributed by atoms with Crippen molar-refractivity contribution in [1.29, 1.82) is 0 Å². The third-order valence-corrected chi connectivity index (χ3v) is 6.04. The van der Waals surface area contributed by atoms with E-state index in [-0.39, 0.29) is 0 Å². The van der Waals surface area contributed by atoms with Crippen molar-refractivity contribution >= 4 is 5.97 Å². The second-order valence-electron chi connectivity index (χ2n) is 7.99. The van der Waals surface area contributed by atoms with Crippen LogP contribution in [0.1, 0.15) is 39.9 Å². The lowest BCUT2D eigenvalue weighted by Gasteiger charge is -2.18. The van der Waals surface area contributed by atoms with Gasteiger partial charge >= 0.3 is 5.97 Å². The minimum Gasteiger partial charge on any atom is -0.478 e. The SMILES string of the molecule is Cc1cc(-c2ccc(-c3ccccc3CN3CCCC3)cc2)cc(C(=O)O)c1C. The van der Waals surface area contributed by atoms with Crippen LogP contribution in [-0.2, 0) is 6.54 Å². The summed E-state index contributed by atoms with van der Waals surface area (Å²) >= 11 is 0. The molecule has 4 rings (SSSR count). The van der Waals surface area contributed by atoms with Crippen LogP contribution < -0.4 is 0 Å². The van der Waals surface area contributed by atoms with Crippen molar-refractivity contribution in [2.45, 2.75) is 33.2 Å². The molecule has 1 fully saturated rings. The summed E-state index contributed by atoms with van der Waals surface area (Å²) < 4.78 is 0. The highest BCUT2D eigenvalue weighted by atomic mass is 16.4. The zero-order valence-electron chi connectivity index (χ0n) is 17.1. The fourth-order valence-electron chi connectivity index (χ4n) is 4.21. The van der Waals surface area contributed by atoms with Gasteiger partial charge in [0.2, 0.25) is 0 Å². The van der Waals surface area contributed by atoms with E-state index in [1.165, 1.54) is 42.6 Å². The molecule has 0 atom stereocenters. The summed E-state index contributed by atoms with van der Waals surface area (Å²) in [5, 5.41) is 9.50. The van der Waals surface area contributed by atoms with Crippen molar-refractivity contribution in [3.63, 3.8) is 0 Å². The third-order valence-electron chi connectivity index (χ3n) is 6.04. The van der Waals surface area contributed by atoms with Crippen LogP contribution in [0, 0.1) is 13.8 Å². The van der Waals surface area contributed by atoms with Gasteiger partial charge in [0.1, 0.15) is 0 Å². The maximum Gasteiger partial charge on any atom is 0.335 e. The zero-order valence-corrected chi connectivity index (χ0v) is 17.1. The molecule has 1 heterocycles. The topological polar surface area (TPSA) is 40.5 Å². The summed E-state index contributed by atoms with van der Waals surface area (Å²) in [7, 11) is 0. The first-order chi connectivity index (χ1) is 14.0. The largest absolute Gasteiger partial charge is 0.478 e. The molecule has 0 spiro atoms. The predicted octanol–water partition coefficient (Wildman–Crippen LogP) is 5.93. The number of aromatic carboxylic acids is 1. The molecule has 1 saturated heterocycles. The molecule has 3 aromatic rings. The van der Waals surface area contributed by atoms with Crippen LogP contribution >= 0.6 is 0 Å². The first-order valence-electron chi connectivity index (χ1n) is 10.3. The Hall–Kier alpha value is -2.91. The summed E-state index contributed by atoms with van der Waals surface area (Å²) in [4.78, 5) is 14.1. The van der Waals surface area contributed by atoms with Crippen molar-refractivity contribution < 1.29 is 9.90 Å². The summed E-state index contributed by atoms with van der Waals surface area (Å²) in [5.74, 6) is -0.875. The van der Waals surface area contributed by atoms with E-state index >= 15 is 0 Å². The number of aryl methyl sites for hydroxylation is 1. The summed E-state index contributed by atoms with van der Waals surface area (Å²) in [6.45, 7) is 7.20. The Kier molecular flexibility index (Phi) is 5.50. The van der Waals surface area contributed by atoms with Gasteiger partial charge in [0.15, 0.2) is 0 Å². The van der Waals surface area contributed by atoms with Crippen molar-refractivity contribution in [3.8, 4) is 22.3 Å². The highest BCUT2D eigenvalue weighted by Crippen LogP contribution is 2.30. The molecule has 3 nitrogen and oxygen atoms in total. The Morgan fingerprint density at radius 1 is 0.897 bits per heavy atom. The Morgan fingerprint density at radius 2 is 1.55 bits per heavy atom. The van der Waals surface area contributed by atoms with E-state index in [0.29, 0.717) is 5.56 Å². The van der Waals surface area contributed by atoms with E-state index < -0.39 is 5.97 Å². The standard InChI is InChI=1S/C26H27NO2/c1-18-15-23(16-25(19(18)2)26(28)29)20-9-11-21(12-10-20)24-8-4-3-7-22(24)17-27-13-5-6-14-27/h3-4,7-12,15-16H,5-6,13-14,17H2,1-2H3,(H,28,29). The third kappa shape index (κ3) is 4.10. The summed E-state index contributed by atoms with van der Waals surface area (Å²) in [5.41, 5.74) is 8.03. The fourth-order valence-corrected chi connectivity index (χ4v) is 4.21. The number of benzene rings is 3. The van der Waals surface area contributed by atoms with Gasteiger partial charge in [0.05, 0.1) is 5.56 Å². The quantitative estimate of drug-likeness (QED) is 0.592. The van der Waals surface area contributed by atoms with Crippen LogP contribution in [0.3, 0.4) is 0 Å². The molecule has 3 heteroatoms. The maximum atomic E-state index is 11.6. The number of hydrogen-bond acceptors (Lipinski definition) is 2. The molecule has 29 heavy (non-hydrogen) atoms. The van der Waals surface area contributed by atoms with Crippen molar-refractivity contribution in [1.82, 2.24) is 4.90 Å². The number of carboxylic acid groups (broad SMARTS) is 1. The molecule has 3 aromatic carbocycles. The number of carboxylic acids is 1. The van der Waals surface area contributed by atoms with Crippen LogP contribution in [0.15, 0.2) is 60.7 Å². The van der Waals surface area contributed by atoms with Gasteiger partial charge in [0, 0.05) is 6.54 Å². The van der Waals surface area contributed by atoms with Gasteiger partial charge in [-0.2, -0.15) is 0 Å². The minimum absolute atomic E-state index is 0.375. The van der Waals surface area contributed by atoms with Gasteiger partial charge in [-0.3, -0.25) is 4.90 Å². The maximum absolute atomic E-state index is 11.6. The summed E-state index contributed by atoms with van der Waals surface area (Å²) in [6, 6.07) is 21.0. The number of likely N-dealkylation sites (tertiary alicyclic amines) is 1. The first-order valence-corrected chi connectivity index (χ1v) is 10.3. The molecule has 0 unspecified atom stereocenters. The molecule has 0 saturated carbocycles. The highest BCUT2D eigenvalue weighted by molar-refractivity contribution is 5.91. The molecule has 1 N–H and O–H groups in total. The van der Waals surface area contributed by atoms with Crippen LogP contribution in [0.25, 0.3) is 22.3 Å². The number of carbonyl (C=O) groups is 1. The Balaban J connectivity index is 1.65. The smallest absolute Gasteiger partial charge is 0.335 e. The van der Waals surface area contributed by atoms with Crippen molar-refractivity contribution in [2.75, 3.05) is 13.1 Å². The minimum atomic E-state index is -0.875. The lowest BCUT2D eigenvalue weighted by Crippen LogP contribution is -2.18. The second-order valence-corrected chi connectivity index (χ2v) is 7.99. The van der Waals surface area contributed by atoms with E-state index in [0.717, 1.165) is 28.8 Å². The monoisotopic (exact) mass is 385 g/mol. The van der Waals surface area contributed by atoms with Crippen LogP contribution in [0.2, 0.25) is 0 Å². The van der Waals surface area contributed by atoms with Crippen LogP contribution in [0.4, 0.5) is 0 Å². The molecule has 0 bridgehead atoms. The van der Waals surface area contributed by atoms with Gasteiger partial charge in [-0.25, -0.2) is 4.79 Å². The number of rotatable bonds is 5. The number of hydrogen-bond donors (Lipinski definition) is 1. The average Bonchev–Trinajstić information content (AvgIpc) is 3.23. The van der Waals surface area contributed by atoms with Gasteiger partial charge < -0.3 is 5.11 Å². The summed E-state index contributed by atoms with van der Waals surface area (Å²) in [6.07, 6.45) is 2.59. The molecular formula is C26H27NO2. The average molecular weight is 386 g/mol. The Bertz CT molecular complexity index is 1030. The zero-order chi connectivity index (χ0) is 20.4. The van der Waals surface area contributed by atoms with Crippen LogP contribution in [0.5, 0.6) is 0 Å². The second kappa shape index (κ2) is 8.22. The molecule has 0 aliphatic carbocycles. The highest BCUT2D eigenvalue weighted by Gasteiger charge is 2.15. The molecule has 148 valence electrons. The van der Waals surface area contributed by atoms with E-state index in [4.69, 9.17) is 0 Å². The molecule has 1 aliphatic rings. The lowest BCUT2D eigenvalue weighted by molar-refractivity contribution is 0.0696. The van der Waals surface area contributed by atoms with Gasteiger partial charge in [0.25, 0.3) is 0 Å². The van der Waals surface area contributed by atoms with E-state index in [2.05, 4.69) is 59.5 Å². The molecular weight excluding hydrogens is 358 g/mol. The lowest BCUT2D eigenvalue weighted by atomic mass is 9.93. The van der Waals surface area contributed by atoms with E-state index in [9.17, 15) is 9.90 Å². The Morgan fingerprint density at radius 3 is 2.24 bits per heavy atom. The van der Waals surface area contributed by atoms with E-state index in [1.54, 1.807) is 6.07 Å². The van der Waals surface area contributed by atoms with Crippen molar-refractivity contribution in [3.05, 3.63) is 82.9 Å². The molecule has 0 aromatic heterocycles. The van der Waals surface area contributed by atoms with E-state index in [1.807, 2.05) is 13.8 Å². The Labute approximate surface area is 172 Å². The van der Waals surface area contributed by atoms with Gasteiger partial charge in [-0.15, -0.1) is 0 Å². The fraction of sp³-hybridized carbons (Fsp3) is 0.269. The van der Waals surface area contributed by atoms with Gasteiger partial charge in [-0.05, 0) is 84.8 Å². The molecule has 1 aliphatic heterocycles. The van der Waals surface area contributed by atoms with Crippen molar-refractivity contribution in [2.24, 2.45) is 0 Å². The van der Waals surface area contributed by atoms with Crippen LogP contribution in [-0.4, -0.2) is 29.1 Å².